The minimum absolute atomic E-state index is 0.701. The Morgan fingerprint density at radius 3 is 2.33 bits per heavy atom. The fourth-order valence-electron chi connectivity index (χ4n) is 1.32. The predicted molar refractivity (Wildman–Crippen MR) is 60.0 cm³/mol. The minimum Gasteiger partial charge on any atom is -0.313 e. The van der Waals surface area contributed by atoms with Crippen molar-refractivity contribution in [2.75, 3.05) is 12.3 Å². The number of hydrogen-bond acceptors (Lipinski definition) is 2. The molecule has 0 saturated heterocycles. The van der Waals surface area contributed by atoms with E-state index in [4.69, 9.17) is 0 Å². The van der Waals surface area contributed by atoms with Crippen LogP contribution in [0.3, 0.4) is 0 Å². The Hall–Kier alpha value is 0.310. The molecule has 12 heavy (non-hydrogen) atoms. The molecular formula is C10H23NS. The average molecular weight is 189 g/mol. The highest BCUT2D eigenvalue weighted by atomic mass is 32.2. The van der Waals surface area contributed by atoms with Crippen LogP contribution >= 0.6 is 11.8 Å². The lowest BCUT2D eigenvalue weighted by Crippen LogP contribution is -2.36. The van der Waals surface area contributed by atoms with Gasteiger partial charge in [0.15, 0.2) is 0 Å². The van der Waals surface area contributed by atoms with Crippen LogP contribution in [0.15, 0.2) is 0 Å². The first-order valence-electron chi connectivity index (χ1n) is 5.11. The van der Waals surface area contributed by atoms with Crippen molar-refractivity contribution in [3.05, 3.63) is 0 Å². The zero-order chi connectivity index (χ0) is 9.40. The Kier molecular flexibility index (Phi) is 8.14. The van der Waals surface area contributed by atoms with E-state index in [2.05, 4.69) is 44.8 Å². The quantitative estimate of drug-likeness (QED) is 0.661. The van der Waals surface area contributed by atoms with Gasteiger partial charge in [0.25, 0.3) is 0 Å². The molecule has 0 bridgehead atoms. The van der Waals surface area contributed by atoms with Crippen LogP contribution in [0.4, 0.5) is 0 Å². The van der Waals surface area contributed by atoms with Crippen molar-refractivity contribution in [2.45, 2.75) is 51.8 Å². The predicted octanol–water partition coefficient (Wildman–Crippen LogP) is 2.91. The van der Waals surface area contributed by atoms with Gasteiger partial charge in [0.05, 0.1) is 0 Å². The molecule has 0 heterocycles. The number of thioether (sulfide) groups is 1. The van der Waals surface area contributed by atoms with Crippen LogP contribution in [-0.4, -0.2) is 23.6 Å². The van der Waals surface area contributed by atoms with E-state index in [0.717, 1.165) is 11.8 Å². The molecule has 2 atom stereocenters. The molecule has 0 aliphatic rings. The normalized spacial score (nSPS) is 16.0. The van der Waals surface area contributed by atoms with E-state index in [1.807, 2.05) is 0 Å². The van der Waals surface area contributed by atoms with Gasteiger partial charge in [-0.25, -0.2) is 0 Å². The molecule has 74 valence electrons. The maximum Gasteiger partial charge on any atom is 0.0181 e. The third-order valence-corrected chi connectivity index (χ3v) is 3.56. The molecule has 1 nitrogen and oxygen atoms in total. The maximum absolute atomic E-state index is 3.52. The third-order valence-electron chi connectivity index (χ3n) is 2.06. The van der Waals surface area contributed by atoms with Gasteiger partial charge in [-0.3, -0.25) is 0 Å². The molecular weight excluding hydrogens is 166 g/mol. The summed E-state index contributed by atoms with van der Waals surface area (Å²) in [5, 5.41) is 4.28. The van der Waals surface area contributed by atoms with Gasteiger partial charge in [-0.15, -0.1) is 0 Å². The SMILES string of the molecule is CCCSC(C)C(CC)NCC. The first kappa shape index (κ1) is 12.3. The van der Waals surface area contributed by atoms with E-state index in [1.165, 1.54) is 18.6 Å². The zero-order valence-electron chi connectivity index (χ0n) is 8.89. The van der Waals surface area contributed by atoms with Crippen LogP contribution in [0.5, 0.6) is 0 Å². The molecule has 0 radical (unpaired) electrons. The lowest BCUT2D eigenvalue weighted by atomic mass is 10.2. The van der Waals surface area contributed by atoms with Crippen molar-refractivity contribution in [3.8, 4) is 0 Å². The highest BCUT2D eigenvalue weighted by molar-refractivity contribution is 7.99. The van der Waals surface area contributed by atoms with Crippen LogP contribution in [0.2, 0.25) is 0 Å². The fraction of sp³-hybridized carbons (Fsp3) is 1.00. The van der Waals surface area contributed by atoms with Gasteiger partial charge < -0.3 is 5.32 Å². The van der Waals surface area contributed by atoms with Gasteiger partial charge in [-0.2, -0.15) is 11.8 Å². The summed E-state index contributed by atoms with van der Waals surface area (Å²) in [4.78, 5) is 0. The summed E-state index contributed by atoms with van der Waals surface area (Å²) in [6, 6.07) is 0.701. The molecule has 0 aliphatic carbocycles. The Morgan fingerprint density at radius 1 is 1.25 bits per heavy atom. The molecule has 0 amide bonds. The van der Waals surface area contributed by atoms with Gasteiger partial charge in [0.1, 0.15) is 0 Å². The van der Waals surface area contributed by atoms with E-state index < -0.39 is 0 Å². The van der Waals surface area contributed by atoms with E-state index in [-0.39, 0.29) is 0 Å². The van der Waals surface area contributed by atoms with Crippen LogP contribution < -0.4 is 5.32 Å². The number of rotatable bonds is 7. The van der Waals surface area contributed by atoms with Crippen molar-refractivity contribution in [1.82, 2.24) is 5.32 Å². The number of hydrogen-bond donors (Lipinski definition) is 1. The van der Waals surface area contributed by atoms with Crippen LogP contribution in [0.25, 0.3) is 0 Å². The highest BCUT2D eigenvalue weighted by Crippen LogP contribution is 2.16. The second kappa shape index (κ2) is 7.93. The first-order chi connectivity index (χ1) is 5.76. The van der Waals surface area contributed by atoms with Gasteiger partial charge in [0, 0.05) is 11.3 Å². The van der Waals surface area contributed by atoms with Crippen molar-refractivity contribution in [2.24, 2.45) is 0 Å². The monoisotopic (exact) mass is 189 g/mol. The van der Waals surface area contributed by atoms with Crippen LogP contribution in [0.1, 0.15) is 40.5 Å². The summed E-state index contributed by atoms with van der Waals surface area (Å²) in [5.41, 5.74) is 0. The second-order valence-corrected chi connectivity index (χ2v) is 4.63. The van der Waals surface area contributed by atoms with Crippen molar-refractivity contribution < 1.29 is 0 Å². The average Bonchev–Trinajstić information content (AvgIpc) is 2.10. The van der Waals surface area contributed by atoms with Gasteiger partial charge >= 0.3 is 0 Å². The molecule has 0 spiro atoms. The Morgan fingerprint density at radius 2 is 1.92 bits per heavy atom. The summed E-state index contributed by atoms with van der Waals surface area (Å²) in [6.07, 6.45) is 2.53. The van der Waals surface area contributed by atoms with Crippen molar-refractivity contribution >= 4 is 11.8 Å². The lowest BCUT2D eigenvalue weighted by Gasteiger charge is -2.22. The maximum atomic E-state index is 3.52. The lowest BCUT2D eigenvalue weighted by molar-refractivity contribution is 0.509. The smallest absolute Gasteiger partial charge is 0.0181 e. The van der Waals surface area contributed by atoms with Gasteiger partial charge in [0.2, 0.25) is 0 Å². The Labute approximate surface area is 81.7 Å². The molecule has 0 fully saturated rings. The molecule has 0 aliphatic heterocycles. The first-order valence-corrected chi connectivity index (χ1v) is 6.16. The molecule has 0 aromatic heterocycles. The van der Waals surface area contributed by atoms with E-state index in [0.29, 0.717) is 6.04 Å². The van der Waals surface area contributed by atoms with Crippen LogP contribution in [-0.2, 0) is 0 Å². The van der Waals surface area contributed by atoms with E-state index >= 15 is 0 Å². The summed E-state index contributed by atoms with van der Waals surface area (Å²) in [6.45, 7) is 10.1. The third kappa shape index (κ3) is 5.04. The van der Waals surface area contributed by atoms with Crippen LogP contribution in [0, 0.1) is 0 Å². The summed E-state index contributed by atoms with van der Waals surface area (Å²) in [7, 11) is 0. The highest BCUT2D eigenvalue weighted by Gasteiger charge is 2.13. The fourth-order valence-corrected chi connectivity index (χ4v) is 2.45. The summed E-state index contributed by atoms with van der Waals surface area (Å²) < 4.78 is 0. The zero-order valence-corrected chi connectivity index (χ0v) is 9.71. The standard InChI is InChI=1S/C10H23NS/c1-5-8-12-9(4)10(6-2)11-7-3/h9-11H,5-8H2,1-4H3. The Bertz CT molecular complexity index is 95.8. The molecule has 0 rings (SSSR count). The van der Waals surface area contributed by atoms with Crippen molar-refractivity contribution in [3.63, 3.8) is 0 Å². The minimum atomic E-state index is 0.701. The summed E-state index contributed by atoms with van der Waals surface area (Å²) >= 11 is 2.09. The molecule has 1 N–H and O–H groups in total. The van der Waals surface area contributed by atoms with E-state index in [9.17, 15) is 0 Å². The number of nitrogens with one attached hydrogen (secondary N) is 1. The second-order valence-electron chi connectivity index (χ2n) is 3.15. The van der Waals surface area contributed by atoms with Gasteiger partial charge in [-0.05, 0) is 25.1 Å². The molecule has 0 aromatic carbocycles. The van der Waals surface area contributed by atoms with E-state index in [1.54, 1.807) is 0 Å². The largest absolute Gasteiger partial charge is 0.313 e. The van der Waals surface area contributed by atoms with Crippen molar-refractivity contribution in [1.29, 1.82) is 0 Å². The molecule has 2 heteroatoms. The van der Waals surface area contributed by atoms with Gasteiger partial charge in [-0.1, -0.05) is 27.7 Å². The topological polar surface area (TPSA) is 12.0 Å². The molecule has 0 saturated carbocycles. The molecule has 0 aromatic rings. The molecule has 2 unspecified atom stereocenters. The summed E-state index contributed by atoms with van der Waals surface area (Å²) in [5.74, 6) is 1.29. The Balaban J connectivity index is 3.60.